The minimum absolute atomic E-state index is 0.0769. The number of ether oxygens (including phenoxy) is 4. The lowest BCUT2D eigenvalue weighted by Gasteiger charge is -2.21. The number of esters is 4. The van der Waals surface area contributed by atoms with E-state index >= 15 is 0 Å². The number of phosphoric acid groups is 2. The third kappa shape index (κ3) is 32.8. The van der Waals surface area contributed by atoms with E-state index in [1.54, 1.807) is 0 Å². The van der Waals surface area contributed by atoms with Crippen molar-refractivity contribution in [1.29, 1.82) is 0 Å². The van der Waals surface area contributed by atoms with Crippen LogP contribution in [0.15, 0.2) is 0 Å². The first-order chi connectivity index (χ1) is 26.2. The summed E-state index contributed by atoms with van der Waals surface area (Å²) in [6.45, 7) is 4.03. The first kappa shape index (κ1) is 53.1. The van der Waals surface area contributed by atoms with Gasteiger partial charge in [0, 0.05) is 25.7 Å². The second-order valence-corrected chi connectivity index (χ2v) is 16.2. The molecule has 0 saturated heterocycles. The van der Waals surface area contributed by atoms with Gasteiger partial charge in [-0.05, 0) is 25.7 Å². The number of carbonyl (C=O) groups excluding carboxylic acids is 4. The van der Waals surface area contributed by atoms with Gasteiger partial charge in [0.1, 0.15) is 19.3 Å². The van der Waals surface area contributed by atoms with Crippen LogP contribution in [0, 0.1) is 0 Å². The molecule has 2 unspecified atom stereocenters. The fourth-order valence-electron chi connectivity index (χ4n) is 4.66. The van der Waals surface area contributed by atoms with Gasteiger partial charge in [-0.1, -0.05) is 98.3 Å². The maximum Gasteiger partial charge on any atom is 0.472 e. The van der Waals surface area contributed by atoms with Crippen molar-refractivity contribution in [2.45, 2.75) is 168 Å². The smallest absolute Gasteiger partial charge is 0.462 e. The molecule has 3 N–H and O–H groups in total. The molecule has 0 aromatic rings. The normalized spacial score (nSPS) is 15.3. The number of hydrogen-bond acceptors (Lipinski definition) is 15. The zero-order chi connectivity index (χ0) is 41.4. The standard InChI is InChI=1S/C36H68O17P2/c1-5-9-13-16-19-23-36(41)53-32(27-47-34(39)22-18-15-11-7-3)29-51-55(44,45)49-25-30(37)24-48-54(42,43)50-28-31(52-35(40)20-12-8-4)26-46-33(38)21-17-14-10-6-2/h30-32,37H,5-29H2,1-4H3,(H,42,43)(H,44,45)/t30-,31-,32-/m1/s1. The first-order valence-corrected chi connectivity index (χ1v) is 22.8. The minimum Gasteiger partial charge on any atom is -0.462 e. The van der Waals surface area contributed by atoms with Crippen LogP contribution in [0.1, 0.15) is 150 Å². The van der Waals surface area contributed by atoms with Crippen LogP contribution in [-0.4, -0.2) is 96.7 Å². The van der Waals surface area contributed by atoms with Crippen molar-refractivity contribution in [3.63, 3.8) is 0 Å². The van der Waals surface area contributed by atoms with Crippen LogP contribution in [0.4, 0.5) is 0 Å². The van der Waals surface area contributed by atoms with Crippen LogP contribution in [-0.2, 0) is 65.4 Å². The van der Waals surface area contributed by atoms with Crippen LogP contribution in [0.2, 0.25) is 0 Å². The Balaban J connectivity index is 5.02. The summed E-state index contributed by atoms with van der Waals surface area (Å²) in [5, 5.41) is 10.2. The van der Waals surface area contributed by atoms with Gasteiger partial charge >= 0.3 is 39.5 Å². The fourth-order valence-corrected chi connectivity index (χ4v) is 6.24. The largest absolute Gasteiger partial charge is 0.472 e. The molecule has 5 atom stereocenters. The van der Waals surface area contributed by atoms with Crippen LogP contribution in [0.3, 0.4) is 0 Å². The van der Waals surface area contributed by atoms with Gasteiger partial charge in [0.2, 0.25) is 0 Å². The van der Waals surface area contributed by atoms with Crippen molar-refractivity contribution < 1.29 is 80.2 Å². The lowest BCUT2D eigenvalue weighted by atomic mass is 10.1. The number of aliphatic hydroxyl groups excluding tert-OH is 1. The molecule has 0 bridgehead atoms. The molecule has 55 heavy (non-hydrogen) atoms. The molecule has 0 fully saturated rings. The molecule has 0 aliphatic rings. The number of unbranched alkanes of at least 4 members (excludes halogenated alkanes) is 11. The SMILES string of the molecule is CCCCCCCC(=O)O[C@H](COC(=O)CCCCCC)COP(=O)(O)OC[C@H](O)COP(=O)(O)OC[C@@H](COC(=O)CCCCCC)OC(=O)CCCC. The van der Waals surface area contributed by atoms with Gasteiger partial charge in [0.05, 0.1) is 26.4 Å². The Kier molecular flexibility index (Phi) is 31.9. The zero-order valence-corrected chi connectivity index (χ0v) is 35.2. The summed E-state index contributed by atoms with van der Waals surface area (Å²) in [5.74, 6) is -2.26. The topological polar surface area (TPSA) is 237 Å². The Morgan fingerprint density at radius 3 is 1.13 bits per heavy atom. The molecule has 0 heterocycles. The van der Waals surface area contributed by atoms with E-state index in [1.807, 2.05) is 20.8 Å². The van der Waals surface area contributed by atoms with Crippen LogP contribution in [0.25, 0.3) is 0 Å². The van der Waals surface area contributed by atoms with Crippen molar-refractivity contribution in [2.75, 3.05) is 39.6 Å². The van der Waals surface area contributed by atoms with Gasteiger partial charge < -0.3 is 33.8 Å². The lowest BCUT2D eigenvalue weighted by Crippen LogP contribution is -2.30. The fraction of sp³-hybridized carbons (Fsp3) is 0.889. The van der Waals surface area contributed by atoms with E-state index in [0.717, 1.165) is 70.6 Å². The van der Waals surface area contributed by atoms with Gasteiger partial charge in [-0.2, -0.15) is 0 Å². The highest BCUT2D eigenvalue weighted by molar-refractivity contribution is 7.47. The maximum atomic E-state index is 12.6. The van der Waals surface area contributed by atoms with Crippen molar-refractivity contribution in [2.24, 2.45) is 0 Å². The molecule has 324 valence electrons. The van der Waals surface area contributed by atoms with E-state index in [9.17, 15) is 43.2 Å². The van der Waals surface area contributed by atoms with Gasteiger partial charge in [-0.3, -0.25) is 37.3 Å². The maximum absolute atomic E-state index is 12.6. The average molecular weight is 835 g/mol. The number of hydrogen-bond donors (Lipinski definition) is 3. The third-order valence-electron chi connectivity index (χ3n) is 7.85. The Morgan fingerprint density at radius 1 is 0.436 bits per heavy atom. The Bertz CT molecular complexity index is 1140. The number of phosphoric ester groups is 2. The quantitative estimate of drug-likeness (QED) is 0.0247. The molecule has 0 radical (unpaired) electrons. The first-order valence-electron chi connectivity index (χ1n) is 19.8. The second kappa shape index (κ2) is 33.1. The molecule has 0 amide bonds. The van der Waals surface area contributed by atoms with E-state index in [0.29, 0.717) is 25.7 Å². The molecule has 0 rings (SSSR count). The number of carbonyl (C=O) groups is 4. The van der Waals surface area contributed by atoms with Crippen LogP contribution >= 0.6 is 15.6 Å². The van der Waals surface area contributed by atoms with Crippen molar-refractivity contribution in [3.8, 4) is 0 Å². The summed E-state index contributed by atoms with van der Waals surface area (Å²) < 4.78 is 65.5. The average Bonchev–Trinajstić information content (AvgIpc) is 3.14. The summed E-state index contributed by atoms with van der Waals surface area (Å²) in [4.78, 5) is 69.2. The molecule has 0 aliphatic heterocycles. The van der Waals surface area contributed by atoms with E-state index in [1.165, 1.54) is 0 Å². The van der Waals surface area contributed by atoms with E-state index in [-0.39, 0.29) is 25.7 Å². The molecular weight excluding hydrogens is 766 g/mol. The highest BCUT2D eigenvalue weighted by atomic mass is 31.2. The Morgan fingerprint density at radius 2 is 0.745 bits per heavy atom. The summed E-state index contributed by atoms with van der Waals surface area (Å²) in [6.07, 6.45) is 8.92. The van der Waals surface area contributed by atoms with E-state index < -0.39 is 97.5 Å². The summed E-state index contributed by atoms with van der Waals surface area (Å²) in [5.41, 5.74) is 0. The molecule has 0 spiro atoms. The second-order valence-electron chi connectivity index (χ2n) is 13.3. The van der Waals surface area contributed by atoms with E-state index in [4.69, 9.17) is 37.0 Å². The Labute approximate surface area is 327 Å². The van der Waals surface area contributed by atoms with Crippen molar-refractivity contribution in [3.05, 3.63) is 0 Å². The van der Waals surface area contributed by atoms with Crippen molar-refractivity contribution in [1.82, 2.24) is 0 Å². The highest BCUT2D eigenvalue weighted by Crippen LogP contribution is 2.45. The minimum atomic E-state index is -4.89. The zero-order valence-electron chi connectivity index (χ0n) is 33.4. The summed E-state index contributed by atoms with van der Waals surface area (Å²) in [7, 11) is -9.77. The molecule has 0 saturated carbocycles. The molecule has 0 aromatic heterocycles. The third-order valence-corrected chi connectivity index (χ3v) is 9.75. The van der Waals surface area contributed by atoms with Gasteiger partial charge in [0.15, 0.2) is 12.2 Å². The molecular formula is C36H68O17P2. The van der Waals surface area contributed by atoms with Gasteiger partial charge in [-0.15, -0.1) is 0 Å². The lowest BCUT2D eigenvalue weighted by molar-refractivity contribution is -0.161. The molecule has 0 aromatic carbocycles. The molecule has 0 aliphatic carbocycles. The van der Waals surface area contributed by atoms with Gasteiger partial charge in [-0.25, -0.2) is 9.13 Å². The Hall–Kier alpha value is -1.94. The van der Waals surface area contributed by atoms with Crippen LogP contribution in [0.5, 0.6) is 0 Å². The van der Waals surface area contributed by atoms with E-state index in [2.05, 4.69) is 6.92 Å². The monoisotopic (exact) mass is 834 g/mol. The number of aliphatic hydroxyl groups is 1. The highest BCUT2D eigenvalue weighted by Gasteiger charge is 2.30. The van der Waals surface area contributed by atoms with Gasteiger partial charge in [0.25, 0.3) is 0 Å². The summed E-state index contributed by atoms with van der Waals surface area (Å²) >= 11 is 0. The van der Waals surface area contributed by atoms with Crippen molar-refractivity contribution >= 4 is 39.5 Å². The predicted octanol–water partition coefficient (Wildman–Crippen LogP) is 7.02. The van der Waals surface area contributed by atoms with Crippen LogP contribution < -0.4 is 0 Å². The predicted molar refractivity (Wildman–Crippen MR) is 202 cm³/mol. The molecule has 19 heteroatoms. The number of rotatable bonds is 37. The summed E-state index contributed by atoms with van der Waals surface area (Å²) in [6, 6.07) is 0. The molecule has 17 nitrogen and oxygen atoms in total.